The van der Waals surface area contributed by atoms with Gasteiger partial charge in [0.1, 0.15) is 6.54 Å². The number of piperazine rings is 1. The van der Waals surface area contributed by atoms with E-state index in [1.807, 2.05) is 35.3 Å². The van der Waals surface area contributed by atoms with Gasteiger partial charge in [0, 0.05) is 5.56 Å². The number of benzene rings is 1. The molecule has 1 amide bonds. The third-order valence-corrected chi connectivity index (χ3v) is 5.24. The molecule has 1 saturated heterocycles. The van der Waals surface area contributed by atoms with Crippen molar-refractivity contribution in [1.29, 1.82) is 0 Å². The monoisotopic (exact) mass is 337 g/mol. The largest absolute Gasteiger partial charge is 0.478 e. The lowest BCUT2D eigenvalue weighted by molar-refractivity contribution is -0.917. The lowest BCUT2D eigenvalue weighted by Crippen LogP contribution is -3.13. The van der Waals surface area contributed by atoms with Gasteiger partial charge in [-0.3, -0.25) is 4.79 Å². The molecule has 4 rings (SSSR count). The second kappa shape index (κ2) is 6.33. The zero-order valence-electron chi connectivity index (χ0n) is 14.0. The van der Waals surface area contributed by atoms with Gasteiger partial charge in [0.05, 0.1) is 37.3 Å². The Hall–Kier alpha value is -2.66. The summed E-state index contributed by atoms with van der Waals surface area (Å²) in [6, 6.07) is 10.4. The highest BCUT2D eigenvalue weighted by Gasteiger charge is 2.37. The summed E-state index contributed by atoms with van der Waals surface area (Å²) in [6.07, 6.45) is 4.28. The number of quaternary nitrogens is 1. The fourth-order valence-electron chi connectivity index (χ4n) is 3.92. The van der Waals surface area contributed by atoms with E-state index in [0.29, 0.717) is 25.1 Å². The first-order chi connectivity index (χ1) is 12.1. The van der Waals surface area contributed by atoms with Crippen LogP contribution >= 0.6 is 0 Å². The summed E-state index contributed by atoms with van der Waals surface area (Å²) >= 11 is 0. The molecule has 2 N–H and O–H groups in total. The Bertz CT molecular complexity index is 813. The topological polar surface area (TPSA) is 62.0 Å². The lowest BCUT2D eigenvalue weighted by atomic mass is 10.00. The number of aliphatic carboxylic acids is 1. The maximum atomic E-state index is 12.9. The van der Waals surface area contributed by atoms with Gasteiger partial charge in [0.15, 0.2) is 0 Å². The molecule has 1 aliphatic heterocycles. The molecule has 0 spiro atoms. The average Bonchev–Trinajstić information content (AvgIpc) is 3.24. The normalized spacial score (nSPS) is 19.9. The van der Waals surface area contributed by atoms with E-state index in [-0.39, 0.29) is 11.5 Å². The maximum Gasteiger partial charge on any atom is 0.336 e. The first-order valence-corrected chi connectivity index (χ1v) is 8.68. The zero-order chi connectivity index (χ0) is 17.4. The Morgan fingerprint density at radius 2 is 1.64 bits per heavy atom. The Kier molecular flexibility index (Phi) is 4.01. The van der Waals surface area contributed by atoms with Crippen molar-refractivity contribution in [2.24, 2.45) is 0 Å². The van der Waals surface area contributed by atoms with E-state index in [1.54, 1.807) is 0 Å². The van der Waals surface area contributed by atoms with Crippen LogP contribution in [-0.4, -0.2) is 48.1 Å². The van der Waals surface area contributed by atoms with E-state index in [1.165, 1.54) is 10.5 Å². The molecular weight excluding hydrogens is 316 g/mol. The summed E-state index contributed by atoms with van der Waals surface area (Å²) < 4.78 is 0. The van der Waals surface area contributed by atoms with Gasteiger partial charge < -0.3 is 14.9 Å². The maximum absolute atomic E-state index is 12.9. The van der Waals surface area contributed by atoms with E-state index < -0.39 is 5.97 Å². The number of carbonyl (C=O) groups excluding carboxylic acids is 1. The van der Waals surface area contributed by atoms with Crippen molar-refractivity contribution in [3.8, 4) is 0 Å². The molecule has 128 valence electrons. The first-order valence-electron chi connectivity index (χ1n) is 8.68. The Morgan fingerprint density at radius 1 is 1.00 bits per heavy atom. The molecule has 1 heterocycles. The summed E-state index contributed by atoms with van der Waals surface area (Å²) in [5.41, 5.74) is 3.55. The van der Waals surface area contributed by atoms with Crippen LogP contribution in [0.4, 0.5) is 0 Å². The molecule has 0 saturated carbocycles. The van der Waals surface area contributed by atoms with Crippen LogP contribution in [0, 0.1) is 0 Å². The Morgan fingerprint density at radius 3 is 2.28 bits per heavy atom. The third-order valence-electron chi connectivity index (χ3n) is 5.24. The first kappa shape index (κ1) is 15.8. The van der Waals surface area contributed by atoms with Gasteiger partial charge in [-0.1, -0.05) is 42.5 Å². The third kappa shape index (κ3) is 2.91. The van der Waals surface area contributed by atoms with Crippen LogP contribution in [0.3, 0.4) is 0 Å². The number of nitrogens with one attached hydrogen (secondary N) is 1. The number of rotatable bonds is 4. The summed E-state index contributed by atoms with van der Waals surface area (Å²) in [5.74, 6) is -1.11. The van der Waals surface area contributed by atoms with Crippen molar-refractivity contribution >= 4 is 11.9 Å². The van der Waals surface area contributed by atoms with Gasteiger partial charge in [-0.25, -0.2) is 4.79 Å². The standard InChI is InChI=1S/C20H20N2O3/c23-19(17-15-6-7-16(12-15)18(17)20(24)25)22-10-8-21(9-11-22)13-14-4-2-1-3-5-14/h1-7H,8-13H2,(H,24,25)/p+1. The van der Waals surface area contributed by atoms with E-state index in [4.69, 9.17) is 0 Å². The number of fused-ring (bicyclic) bond motifs is 2. The van der Waals surface area contributed by atoms with Crippen LogP contribution in [-0.2, 0) is 16.1 Å². The van der Waals surface area contributed by atoms with Crippen molar-refractivity contribution in [2.75, 3.05) is 26.2 Å². The summed E-state index contributed by atoms with van der Waals surface area (Å²) in [6.45, 7) is 4.08. The van der Waals surface area contributed by atoms with Gasteiger partial charge in [0.2, 0.25) is 0 Å². The fraction of sp³-hybridized carbons (Fsp3) is 0.300. The Balaban J connectivity index is 1.42. The second-order valence-corrected chi connectivity index (χ2v) is 6.82. The number of carbonyl (C=O) groups is 2. The number of hydrogen-bond acceptors (Lipinski definition) is 2. The molecule has 3 aliphatic rings. The minimum absolute atomic E-state index is 0.120. The van der Waals surface area contributed by atoms with Crippen molar-refractivity contribution in [2.45, 2.75) is 13.0 Å². The highest BCUT2D eigenvalue weighted by Crippen LogP contribution is 2.40. The molecule has 1 aromatic rings. The number of nitrogens with zero attached hydrogens (tertiary/aromatic N) is 1. The average molecular weight is 337 g/mol. The van der Waals surface area contributed by atoms with E-state index in [9.17, 15) is 14.7 Å². The predicted molar refractivity (Wildman–Crippen MR) is 92.9 cm³/mol. The van der Waals surface area contributed by atoms with Crippen LogP contribution in [0.15, 0.2) is 64.8 Å². The number of carboxylic acids is 1. The molecule has 2 bridgehead atoms. The molecule has 0 atom stereocenters. The summed E-state index contributed by atoms with van der Waals surface area (Å²) in [4.78, 5) is 27.7. The summed E-state index contributed by atoms with van der Waals surface area (Å²) in [7, 11) is 0. The molecule has 5 nitrogen and oxygen atoms in total. The van der Waals surface area contributed by atoms with Crippen LogP contribution in [0.25, 0.3) is 0 Å². The molecule has 0 unspecified atom stereocenters. The minimum Gasteiger partial charge on any atom is -0.478 e. The zero-order valence-corrected chi connectivity index (χ0v) is 14.0. The molecule has 5 heteroatoms. The van der Waals surface area contributed by atoms with E-state index in [0.717, 1.165) is 30.8 Å². The number of allylic oxidation sites excluding steroid dienone is 4. The van der Waals surface area contributed by atoms with Crippen LogP contribution in [0.2, 0.25) is 0 Å². The molecule has 1 fully saturated rings. The molecule has 1 aromatic carbocycles. The van der Waals surface area contributed by atoms with Crippen LogP contribution in [0.5, 0.6) is 0 Å². The second-order valence-electron chi connectivity index (χ2n) is 6.82. The van der Waals surface area contributed by atoms with Gasteiger partial charge >= 0.3 is 5.97 Å². The van der Waals surface area contributed by atoms with Crippen LogP contribution < -0.4 is 4.90 Å². The molecule has 25 heavy (non-hydrogen) atoms. The molecular formula is C20H21N2O3+. The van der Waals surface area contributed by atoms with E-state index >= 15 is 0 Å². The van der Waals surface area contributed by atoms with Gasteiger partial charge in [-0.2, -0.15) is 0 Å². The van der Waals surface area contributed by atoms with Gasteiger partial charge in [-0.15, -0.1) is 0 Å². The van der Waals surface area contributed by atoms with Crippen LogP contribution in [0.1, 0.15) is 12.0 Å². The number of amides is 1. The lowest BCUT2D eigenvalue weighted by Gasteiger charge is -2.33. The fourth-order valence-corrected chi connectivity index (χ4v) is 3.92. The molecule has 0 radical (unpaired) electrons. The SMILES string of the molecule is O=C(O)C1=C2C=CC(=C1C(=O)N1CC[NH+](Cc3ccccc3)CC1)C2. The quantitative estimate of drug-likeness (QED) is 0.844. The molecule has 2 aliphatic carbocycles. The molecule has 0 aromatic heterocycles. The van der Waals surface area contributed by atoms with Crippen molar-refractivity contribution in [1.82, 2.24) is 4.90 Å². The summed E-state index contributed by atoms with van der Waals surface area (Å²) in [5, 5.41) is 9.46. The van der Waals surface area contributed by atoms with Crippen molar-refractivity contribution in [3.05, 3.63) is 70.3 Å². The van der Waals surface area contributed by atoms with Gasteiger partial charge in [-0.05, 0) is 17.6 Å². The minimum atomic E-state index is -0.994. The number of hydrogen-bond donors (Lipinski definition) is 2. The predicted octanol–water partition coefficient (Wildman–Crippen LogP) is 0.565. The number of carboxylic acid groups (broad SMARTS) is 1. The van der Waals surface area contributed by atoms with Crippen molar-refractivity contribution in [3.63, 3.8) is 0 Å². The highest BCUT2D eigenvalue weighted by atomic mass is 16.4. The smallest absolute Gasteiger partial charge is 0.336 e. The Labute approximate surface area is 146 Å². The highest BCUT2D eigenvalue weighted by molar-refractivity contribution is 6.12. The van der Waals surface area contributed by atoms with E-state index in [2.05, 4.69) is 12.1 Å². The van der Waals surface area contributed by atoms with Crippen molar-refractivity contribution < 1.29 is 19.6 Å². The van der Waals surface area contributed by atoms with Gasteiger partial charge in [0.25, 0.3) is 5.91 Å².